The maximum absolute atomic E-state index is 11.3. The molecule has 1 aliphatic rings. The molecular formula is C10H14N2O3. The Hall–Kier alpha value is -1.36. The summed E-state index contributed by atoms with van der Waals surface area (Å²) in [5.74, 6) is -0.749. The molecule has 2 rings (SSSR count). The van der Waals surface area contributed by atoms with Gasteiger partial charge in [-0.05, 0) is 18.9 Å². The highest BCUT2D eigenvalue weighted by Crippen LogP contribution is 2.32. The van der Waals surface area contributed by atoms with Crippen LogP contribution in [0, 0.1) is 5.41 Å². The van der Waals surface area contributed by atoms with Crippen LogP contribution in [0.4, 0.5) is 0 Å². The van der Waals surface area contributed by atoms with E-state index in [1.165, 1.54) is 0 Å². The summed E-state index contributed by atoms with van der Waals surface area (Å²) in [6.07, 6.45) is 4.57. The van der Waals surface area contributed by atoms with E-state index in [0.717, 1.165) is 0 Å². The number of nitrogens with zero attached hydrogens (tertiary/aromatic N) is 2. The molecule has 1 aliphatic heterocycles. The average molecular weight is 210 g/mol. The summed E-state index contributed by atoms with van der Waals surface area (Å²) in [6, 6.07) is 1.80. The van der Waals surface area contributed by atoms with E-state index < -0.39 is 11.4 Å². The minimum Gasteiger partial charge on any atom is -0.481 e. The summed E-state index contributed by atoms with van der Waals surface area (Å²) in [4.78, 5) is 11.3. The van der Waals surface area contributed by atoms with E-state index in [-0.39, 0.29) is 0 Å². The summed E-state index contributed by atoms with van der Waals surface area (Å²) in [5.41, 5.74) is -0.704. The van der Waals surface area contributed by atoms with Crippen molar-refractivity contribution in [1.29, 1.82) is 0 Å². The third kappa shape index (κ3) is 2.02. The summed E-state index contributed by atoms with van der Waals surface area (Å²) < 4.78 is 6.88. The molecule has 15 heavy (non-hydrogen) atoms. The van der Waals surface area contributed by atoms with E-state index in [1.54, 1.807) is 23.1 Å². The van der Waals surface area contributed by atoms with Crippen molar-refractivity contribution in [3.05, 3.63) is 18.5 Å². The Morgan fingerprint density at radius 1 is 1.53 bits per heavy atom. The number of hydrogen-bond acceptors (Lipinski definition) is 3. The van der Waals surface area contributed by atoms with Gasteiger partial charge in [0.15, 0.2) is 0 Å². The fraction of sp³-hybridized carbons (Fsp3) is 0.600. The Kier molecular flexibility index (Phi) is 2.73. The molecule has 1 saturated heterocycles. The minimum absolute atomic E-state index is 0.429. The second kappa shape index (κ2) is 4.02. The maximum atomic E-state index is 11.3. The lowest BCUT2D eigenvalue weighted by Crippen LogP contribution is -2.40. The van der Waals surface area contributed by atoms with E-state index in [0.29, 0.717) is 32.6 Å². The number of rotatable bonds is 3. The first kappa shape index (κ1) is 10.2. The van der Waals surface area contributed by atoms with Crippen LogP contribution in [-0.2, 0) is 16.1 Å². The van der Waals surface area contributed by atoms with Crippen molar-refractivity contribution in [1.82, 2.24) is 9.78 Å². The van der Waals surface area contributed by atoms with Crippen LogP contribution in [0.25, 0.3) is 0 Å². The molecule has 0 saturated carbocycles. The first-order chi connectivity index (χ1) is 7.23. The van der Waals surface area contributed by atoms with Crippen LogP contribution in [0.5, 0.6) is 0 Å². The lowest BCUT2D eigenvalue weighted by atomic mass is 9.80. The number of ether oxygens (including phenoxy) is 1. The fourth-order valence-electron chi connectivity index (χ4n) is 1.91. The van der Waals surface area contributed by atoms with Crippen molar-refractivity contribution in [2.24, 2.45) is 5.41 Å². The van der Waals surface area contributed by atoms with Gasteiger partial charge in [-0.3, -0.25) is 9.48 Å². The fourth-order valence-corrected chi connectivity index (χ4v) is 1.91. The van der Waals surface area contributed by atoms with Crippen LogP contribution in [0.3, 0.4) is 0 Å². The van der Waals surface area contributed by atoms with Gasteiger partial charge in [-0.25, -0.2) is 0 Å². The van der Waals surface area contributed by atoms with Gasteiger partial charge in [-0.15, -0.1) is 0 Å². The van der Waals surface area contributed by atoms with Crippen molar-refractivity contribution in [2.45, 2.75) is 19.4 Å². The summed E-state index contributed by atoms with van der Waals surface area (Å²) in [6.45, 7) is 1.47. The lowest BCUT2D eigenvalue weighted by molar-refractivity contribution is -0.156. The van der Waals surface area contributed by atoms with Crippen LogP contribution in [0.2, 0.25) is 0 Å². The van der Waals surface area contributed by atoms with E-state index in [2.05, 4.69) is 5.10 Å². The van der Waals surface area contributed by atoms with Gasteiger partial charge >= 0.3 is 5.97 Å². The number of carboxylic acids is 1. The van der Waals surface area contributed by atoms with Crippen LogP contribution in [0.1, 0.15) is 12.8 Å². The molecule has 5 heteroatoms. The largest absolute Gasteiger partial charge is 0.481 e. The third-order valence-corrected chi connectivity index (χ3v) is 2.93. The number of carboxylic acid groups (broad SMARTS) is 1. The molecule has 1 N–H and O–H groups in total. The Morgan fingerprint density at radius 3 is 2.80 bits per heavy atom. The number of carbonyl (C=O) groups is 1. The molecule has 1 aromatic rings. The van der Waals surface area contributed by atoms with E-state index in [9.17, 15) is 9.90 Å². The van der Waals surface area contributed by atoms with E-state index in [1.807, 2.05) is 0 Å². The van der Waals surface area contributed by atoms with Crippen molar-refractivity contribution in [2.75, 3.05) is 13.2 Å². The van der Waals surface area contributed by atoms with E-state index in [4.69, 9.17) is 4.74 Å². The van der Waals surface area contributed by atoms with Crippen LogP contribution >= 0.6 is 0 Å². The molecule has 0 aliphatic carbocycles. The van der Waals surface area contributed by atoms with Crippen LogP contribution in [-0.4, -0.2) is 34.1 Å². The number of aliphatic carboxylic acids is 1. The third-order valence-electron chi connectivity index (χ3n) is 2.93. The van der Waals surface area contributed by atoms with Crippen molar-refractivity contribution < 1.29 is 14.6 Å². The van der Waals surface area contributed by atoms with E-state index >= 15 is 0 Å². The van der Waals surface area contributed by atoms with Gasteiger partial charge in [0, 0.05) is 25.6 Å². The van der Waals surface area contributed by atoms with Crippen LogP contribution in [0.15, 0.2) is 18.5 Å². The molecule has 82 valence electrons. The quantitative estimate of drug-likeness (QED) is 0.800. The van der Waals surface area contributed by atoms with Crippen LogP contribution < -0.4 is 0 Å². The van der Waals surface area contributed by atoms with Gasteiger partial charge in [-0.1, -0.05) is 0 Å². The molecule has 0 atom stereocenters. The molecule has 1 fully saturated rings. The predicted octanol–water partition coefficient (Wildman–Crippen LogP) is 0.765. The Bertz CT molecular complexity index is 328. The SMILES string of the molecule is O=C(O)C1(Cn2cccn2)CCOCC1. The number of aromatic nitrogens is 2. The summed E-state index contributed by atoms with van der Waals surface area (Å²) in [5, 5.41) is 13.3. The zero-order chi connectivity index (χ0) is 10.7. The smallest absolute Gasteiger partial charge is 0.311 e. The maximum Gasteiger partial charge on any atom is 0.311 e. The molecule has 0 bridgehead atoms. The highest BCUT2D eigenvalue weighted by molar-refractivity contribution is 5.74. The Labute approximate surface area is 87.7 Å². The van der Waals surface area contributed by atoms with Gasteiger partial charge < -0.3 is 9.84 Å². The zero-order valence-corrected chi connectivity index (χ0v) is 8.43. The molecule has 1 aromatic heterocycles. The lowest BCUT2D eigenvalue weighted by Gasteiger charge is -2.32. The summed E-state index contributed by atoms with van der Waals surface area (Å²) in [7, 11) is 0. The van der Waals surface area contributed by atoms with Gasteiger partial charge in [0.25, 0.3) is 0 Å². The highest BCUT2D eigenvalue weighted by atomic mass is 16.5. The topological polar surface area (TPSA) is 64.3 Å². The molecular weight excluding hydrogens is 196 g/mol. The van der Waals surface area contributed by atoms with Crippen molar-refractivity contribution in [3.63, 3.8) is 0 Å². The number of hydrogen-bond donors (Lipinski definition) is 1. The first-order valence-electron chi connectivity index (χ1n) is 5.02. The second-order valence-electron chi connectivity index (χ2n) is 3.90. The van der Waals surface area contributed by atoms with Gasteiger partial charge in [0.2, 0.25) is 0 Å². The first-order valence-corrected chi connectivity index (χ1v) is 5.02. The van der Waals surface area contributed by atoms with Gasteiger partial charge in [-0.2, -0.15) is 5.10 Å². The monoisotopic (exact) mass is 210 g/mol. The van der Waals surface area contributed by atoms with Gasteiger partial charge in [0.1, 0.15) is 0 Å². The molecule has 0 radical (unpaired) electrons. The highest BCUT2D eigenvalue weighted by Gasteiger charge is 2.40. The predicted molar refractivity (Wildman–Crippen MR) is 52.3 cm³/mol. The van der Waals surface area contributed by atoms with Crippen molar-refractivity contribution >= 4 is 5.97 Å². The average Bonchev–Trinajstić information content (AvgIpc) is 2.71. The molecule has 0 amide bonds. The molecule has 0 unspecified atom stereocenters. The van der Waals surface area contributed by atoms with Crippen molar-refractivity contribution in [3.8, 4) is 0 Å². The Balaban J connectivity index is 2.15. The molecule has 5 nitrogen and oxygen atoms in total. The zero-order valence-electron chi connectivity index (χ0n) is 8.43. The molecule has 2 heterocycles. The molecule has 0 aromatic carbocycles. The normalized spacial score (nSPS) is 20.0. The minimum atomic E-state index is -0.749. The Morgan fingerprint density at radius 2 is 2.27 bits per heavy atom. The molecule has 0 spiro atoms. The standard InChI is InChI=1S/C10H14N2O3/c13-9(14)10(2-6-15-7-3-10)8-12-5-1-4-11-12/h1,4-5H,2-3,6-8H2,(H,13,14). The second-order valence-corrected chi connectivity index (χ2v) is 3.90. The summed E-state index contributed by atoms with van der Waals surface area (Å²) >= 11 is 0. The van der Waals surface area contributed by atoms with Gasteiger partial charge in [0.05, 0.1) is 12.0 Å².